The van der Waals surface area contributed by atoms with Gasteiger partial charge in [0.25, 0.3) is 0 Å². The van der Waals surface area contributed by atoms with E-state index >= 15 is 0 Å². The van der Waals surface area contributed by atoms with Gasteiger partial charge in [0, 0.05) is 30.6 Å². The summed E-state index contributed by atoms with van der Waals surface area (Å²) in [5.74, 6) is 0. The van der Waals surface area contributed by atoms with Crippen molar-refractivity contribution in [2.45, 2.75) is 18.1 Å². The molecule has 106 valence electrons. The summed E-state index contributed by atoms with van der Waals surface area (Å²) < 4.78 is 0. The molecule has 1 saturated heterocycles. The van der Waals surface area contributed by atoms with Crippen LogP contribution in [0.5, 0.6) is 0 Å². The number of fused-ring (bicyclic) bond motifs is 1. The van der Waals surface area contributed by atoms with E-state index in [0.29, 0.717) is 18.3 Å². The minimum Gasteiger partial charge on any atom is -0.465 e. The third-order valence-electron chi connectivity index (χ3n) is 3.59. The average molecular weight is 291 g/mol. The van der Waals surface area contributed by atoms with Gasteiger partial charge in [0.2, 0.25) is 0 Å². The van der Waals surface area contributed by atoms with E-state index in [1.165, 1.54) is 10.5 Å². The Balaban J connectivity index is 1.64. The number of likely N-dealkylation sites (tertiary alicyclic amines) is 1. The number of anilines is 1. The first-order chi connectivity index (χ1) is 9.72. The van der Waals surface area contributed by atoms with E-state index in [2.05, 4.69) is 22.4 Å². The van der Waals surface area contributed by atoms with Crippen molar-refractivity contribution in [1.29, 1.82) is 0 Å². The second-order valence-corrected chi connectivity index (χ2v) is 6.27. The topological polar surface area (TPSA) is 64.9 Å². The number of thioether (sulfide) groups is 1. The first kappa shape index (κ1) is 13.3. The molecule has 0 spiro atoms. The molecule has 1 atom stereocenters. The molecule has 0 unspecified atom stereocenters. The van der Waals surface area contributed by atoms with Crippen molar-refractivity contribution in [3.05, 3.63) is 29.8 Å². The number of amides is 1. The van der Waals surface area contributed by atoms with Crippen molar-refractivity contribution < 1.29 is 9.90 Å². The fourth-order valence-electron chi connectivity index (χ4n) is 2.52. The van der Waals surface area contributed by atoms with Crippen LogP contribution in [0.2, 0.25) is 0 Å². The van der Waals surface area contributed by atoms with Crippen LogP contribution < -0.4 is 5.32 Å². The van der Waals surface area contributed by atoms with Gasteiger partial charge in [-0.25, -0.2) is 4.79 Å². The number of rotatable bonds is 1. The number of nitrogens with zero attached hydrogens (tertiary/aromatic N) is 2. The summed E-state index contributed by atoms with van der Waals surface area (Å²) in [5.41, 5.74) is 2.40. The summed E-state index contributed by atoms with van der Waals surface area (Å²) in [6.07, 6.45) is 1.01. The standard InChI is InChI=1S/C14H17N3O2S/c18-14(19)17-8-6-11(9-17)20-13-15-7-5-10-3-1-2-4-12(10)16-13/h1-4,11H,5-9H2,(H,15,16)(H,18,19)/t11-/m0/s1. The van der Waals surface area contributed by atoms with Crippen LogP contribution in [0.1, 0.15) is 12.0 Å². The van der Waals surface area contributed by atoms with Crippen molar-refractivity contribution in [2.75, 3.05) is 25.0 Å². The molecule has 2 aliphatic heterocycles. The number of carboxylic acid groups (broad SMARTS) is 1. The second kappa shape index (κ2) is 5.75. The number of nitrogens with one attached hydrogen (secondary N) is 1. The van der Waals surface area contributed by atoms with E-state index in [4.69, 9.17) is 5.11 Å². The van der Waals surface area contributed by atoms with Gasteiger partial charge in [0.05, 0.1) is 0 Å². The number of hydrogen-bond acceptors (Lipinski definition) is 4. The van der Waals surface area contributed by atoms with Crippen LogP contribution in [0.15, 0.2) is 29.3 Å². The van der Waals surface area contributed by atoms with Crippen molar-refractivity contribution in [3.8, 4) is 0 Å². The quantitative estimate of drug-likeness (QED) is 0.834. The van der Waals surface area contributed by atoms with Gasteiger partial charge in [-0.1, -0.05) is 30.0 Å². The Morgan fingerprint density at radius 1 is 1.45 bits per heavy atom. The molecule has 5 nitrogen and oxygen atoms in total. The molecule has 0 aliphatic carbocycles. The summed E-state index contributed by atoms with van der Waals surface area (Å²) in [5, 5.41) is 13.6. The lowest BCUT2D eigenvalue weighted by molar-refractivity contribution is 0.156. The molecule has 0 aromatic heterocycles. The molecule has 1 aromatic carbocycles. The Hall–Kier alpha value is -1.69. The smallest absolute Gasteiger partial charge is 0.407 e. The Kier molecular flexibility index (Phi) is 3.82. The molecule has 1 amide bonds. The lowest BCUT2D eigenvalue weighted by Crippen LogP contribution is -2.27. The van der Waals surface area contributed by atoms with E-state index < -0.39 is 6.09 Å². The number of para-hydroxylation sites is 1. The molecule has 0 bridgehead atoms. The number of benzene rings is 1. The molecule has 0 radical (unpaired) electrons. The summed E-state index contributed by atoms with van der Waals surface area (Å²) >= 11 is 1.66. The van der Waals surface area contributed by atoms with Gasteiger partial charge < -0.3 is 15.3 Å². The Labute approximate surface area is 122 Å². The fourth-order valence-corrected chi connectivity index (χ4v) is 3.64. The molecule has 20 heavy (non-hydrogen) atoms. The number of amidine groups is 1. The van der Waals surface area contributed by atoms with Crippen LogP contribution in [0.3, 0.4) is 0 Å². The first-order valence-corrected chi connectivity index (χ1v) is 7.64. The Bertz CT molecular complexity index is 547. The highest BCUT2D eigenvalue weighted by Gasteiger charge is 2.27. The summed E-state index contributed by atoms with van der Waals surface area (Å²) in [6.45, 7) is 1.99. The van der Waals surface area contributed by atoms with E-state index in [-0.39, 0.29) is 0 Å². The molecule has 3 rings (SSSR count). The van der Waals surface area contributed by atoms with Crippen LogP contribution in [0, 0.1) is 0 Å². The zero-order valence-corrected chi connectivity index (χ0v) is 11.9. The van der Waals surface area contributed by atoms with Crippen LogP contribution in [-0.4, -0.2) is 46.2 Å². The van der Waals surface area contributed by atoms with Gasteiger partial charge in [-0.15, -0.1) is 0 Å². The highest BCUT2D eigenvalue weighted by atomic mass is 32.2. The van der Waals surface area contributed by atoms with E-state index in [9.17, 15) is 4.79 Å². The predicted octanol–water partition coefficient (Wildman–Crippen LogP) is 2.50. The van der Waals surface area contributed by atoms with E-state index in [0.717, 1.165) is 30.2 Å². The first-order valence-electron chi connectivity index (χ1n) is 6.76. The highest BCUT2D eigenvalue weighted by Crippen LogP contribution is 2.27. The lowest BCUT2D eigenvalue weighted by Gasteiger charge is -2.14. The molecule has 1 aromatic rings. The van der Waals surface area contributed by atoms with E-state index in [1.54, 1.807) is 11.8 Å². The molecule has 2 aliphatic rings. The maximum atomic E-state index is 10.9. The van der Waals surface area contributed by atoms with Crippen molar-refractivity contribution in [1.82, 2.24) is 4.90 Å². The third-order valence-corrected chi connectivity index (χ3v) is 4.76. The van der Waals surface area contributed by atoms with Gasteiger partial charge in [0.1, 0.15) is 0 Å². The normalized spacial score (nSPS) is 21.7. The van der Waals surface area contributed by atoms with Crippen LogP contribution in [-0.2, 0) is 6.42 Å². The zero-order chi connectivity index (χ0) is 13.9. The lowest BCUT2D eigenvalue weighted by atomic mass is 10.1. The van der Waals surface area contributed by atoms with Gasteiger partial charge in [-0.3, -0.25) is 4.99 Å². The average Bonchev–Trinajstić information content (AvgIpc) is 2.80. The highest BCUT2D eigenvalue weighted by molar-refractivity contribution is 8.14. The monoisotopic (exact) mass is 291 g/mol. The fraction of sp³-hybridized carbons (Fsp3) is 0.429. The Morgan fingerprint density at radius 2 is 2.30 bits per heavy atom. The maximum absolute atomic E-state index is 10.9. The minimum atomic E-state index is -0.825. The SMILES string of the molecule is O=C(O)N1CC[C@H](SC2=NCCc3ccccc3N2)C1. The van der Waals surface area contributed by atoms with Crippen molar-refractivity contribution in [3.63, 3.8) is 0 Å². The maximum Gasteiger partial charge on any atom is 0.407 e. The number of carbonyl (C=O) groups is 1. The molecule has 6 heteroatoms. The van der Waals surface area contributed by atoms with Gasteiger partial charge in [0.15, 0.2) is 5.17 Å². The van der Waals surface area contributed by atoms with Crippen LogP contribution in [0.4, 0.5) is 10.5 Å². The number of hydrogen-bond donors (Lipinski definition) is 2. The predicted molar refractivity (Wildman–Crippen MR) is 81.7 cm³/mol. The summed E-state index contributed by atoms with van der Waals surface area (Å²) in [7, 11) is 0. The van der Waals surface area contributed by atoms with Gasteiger partial charge >= 0.3 is 6.09 Å². The molecular weight excluding hydrogens is 274 g/mol. The van der Waals surface area contributed by atoms with Crippen LogP contribution >= 0.6 is 11.8 Å². The Morgan fingerprint density at radius 3 is 3.10 bits per heavy atom. The number of aliphatic imine (C=N–C) groups is 1. The van der Waals surface area contributed by atoms with Gasteiger partial charge in [-0.2, -0.15) is 0 Å². The molecule has 2 heterocycles. The largest absolute Gasteiger partial charge is 0.465 e. The minimum absolute atomic E-state index is 0.294. The molecule has 1 fully saturated rings. The van der Waals surface area contributed by atoms with Crippen molar-refractivity contribution >= 4 is 28.7 Å². The molecule has 0 saturated carbocycles. The van der Waals surface area contributed by atoms with Crippen molar-refractivity contribution in [2.24, 2.45) is 4.99 Å². The molecular formula is C14H17N3O2S. The van der Waals surface area contributed by atoms with Gasteiger partial charge in [-0.05, 0) is 24.5 Å². The third kappa shape index (κ3) is 2.90. The van der Waals surface area contributed by atoms with E-state index in [1.807, 2.05) is 12.1 Å². The van der Waals surface area contributed by atoms with Crippen LogP contribution in [0.25, 0.3) is 0 Å². The zero-order valence-electron chi connectivity index (χ0n) is 11.1. The summed E-state index contributed by atoms with van der Waals surface area (Å²) in [6, 6.07) is 8.24. The second-order valence-electron chi connectivity index (χ2n) is 4.98. The molecule has 2 N–H and O–H groups in total. The summed E-state index contributed by atoms with van der Waals surface area (Å²) in [4.78, 5) is 17.0.